The van der Waals surface area contributed by atoms with Gasteiger partial charge in [0.15, 0.2) is 0 Å². The molecule has 2 aromatic rings. The van der Waals surface area contributed by atoms with E-state index in [0.29, 0.717) is 18.1 Å². The van der Waals surface area contributed by atoms with Gasteiger partial charge in [-0.25, -0.2) is 5.01 Å². The normalized spacial score (nSPS) is 17.1. The van der Waals surface area contributed by atoms with Crippen LogP contribution in [0.25, 0.3) is 0 Å². The first-order valence-electron chi connectivity index (χ1n) is 7.37. The Hall–Kier alpha value is -2.00. The van der Waals surface area contributed by atoms with Crippen LogP contribution in [-0.2, 0) is 11.3 Å². The highest BCUT2D eigenvalue weighted by molar-refractivity contribution is 6.31. The number of halogens is 1. The minimum Gasteiger partial charge on any atom is -0.282 e. The molecule has 1 amide bonds. The lowest BCUT2D eigenvalue weighted by Gasteiger charge is -2.30. The fraction of sp³-hybridized carbons (Fsp3) is 0.278. The van der Waals surface area contributed by atoms with Crippen LogP contribution in [0.4, 0.5) is 5.69 Å². The van der Waals surface area contributed by atoms with Crippen LogP contribution in [0.15, 0.2) is 54.6 Å². The average molecular weight is 315 g/mol. The summed E-state index contributed by atoms with van der Waals surface area (Å²) in [7, 11) is 0. The predicted octanol–water partition coefficient (Wildman–Crippen LogP) is 4.13. The second kappa shape index (κ2) is 5.65. The summed E-state index contributed by atoms with van der Waals surface area (Å²) in [6.45, 7) is 5.12. The van der Waals surface area contributed by atoms with Gasteiger partial charge in [-0.05, 0) is 37.6 Å². The molecule has 0 aromatic heterocycles. The number of amides is 1. The van der Waals surface area contributed by atoms with E-state index >= 15 is 0 Å². The zero-order valence-corrected chi connectivity index (χ0v) is 13.5. The quantitative estimate of drug-likeness (QED) is 0.850. The van der Waals surface area contributed by atoms with Gasteiger partial charge in [-0.1, -0.05) is 48.0 Å². The number of benzene rings is 2. The van der Waals surface area contributed by atoms with Crippen molar-refractivity contribution in [2.24, 2.45) is 5.41 Å². The average Bonchev–Trinajstić information content (AvgIpc) is 2.74. The van der Waals surface area contributed by atoms with Gasteiger partial charge in [-0.15, -0.1) is 0 Å². The molecule has 0 aliphatic carbocycles. The SMILES string of the molecule is CC1(C)CN(c2ccccc2)N(Cc2ccccc2Cl)C1=O. The minimum absolute atomic E-state index is 0.122. The van der Waals surface area contributed by atoms with Gasteiger partial charge in [0.05, 0.1) is 24.2 Å². The van der Waals surface area contributed by atoms with Crippen molar-refractivity contribution in [3.05, 3.63) is 65.2 Å². The molecule has 2 aromatic carbocycles. The Morgan fingerprint density at radius 2 is 1.68 bits per heavy atom. The monoisotopic (exact) mass is 314 g/mol. The zero-order chi connectivity index (χ0) is 15.7. The lowest BCUT2D eigenvalue weighted by Crippen LogP contribution is -2.39. The first-order valence-corrected chi connectivity index (χ1v) is 7.75. The second-order valence-corrected chi connectivity index (χ2v) is 6.64. The molecule has 0 bridgehead atoms. The summed E-state index contributed by atoms with van der Waals surface area (Å²) in [5.74, 6) is 0.122. The zero-order valence-electron chi connectivity index (χ0n) is 12.8. The Labute approximate surface area is 136 Å². The Bertz CT molecular complexity index is 684. The van der Waals surface area contributed by atoms with E-state index < -0.39 is 5.41 Å². The number of hydrogen-bond acceptors (Lipinski definition) is 2. The highest BCUT2D eigenvalue weighted by Crippen LogP contribution is 2.35. The van der Waals surface area contributed by atoms with Crippen LogP contribution in [0.2, 0.25) is 5.02 Å². The molecule has 114 valence electrons. The van der Waals surface area contributed by atoms with E-state index in [2.05, 4.69) is 0 Å². The molecule has 0 unspecified atom stereocenters. The second-order valence-electron chi connectivity index (χ2n) is 6.23. The Morgan fingerprint density at radius 3 is 2.36 bits per heavy atom. The summed E-state index contributed by atoms with van der Waals surface area (Å²) in [6.07, 6.45) is 0. The van der Waals surface area contributed by atoms with Crippen molar-refractivity contribution in [2.45, 2.75) is 20.4 Å². The smallest absolute Gasteiger partial charge is 0.248 e. The Balaban J connectivity index is 1.95. The number of rotatable bonds is 3. The summed E-state index contributed by atoms with van der Waals surface area (Å²) >= 11 is 6.26. The third-order valence-corrected chi connectivity index (χ3v) is 4.35. The van der Waals surface area contributed by atoms with E-state index in [9.17, 15) is 4.79 Å². The molecular formula is C18H19ClN2O. The highest BCUT2D eigenvalue weighted by atomic mass is 35.5. The number of hydrogen-bond donors (Lipinski definition) is 0. The summed E-state index contributed by atoms with van der Waals surface area (Å²) in [5, 5.41) is 4.54. The Morgan fingerprint density at radius 1 is 1.05 bits per heavy atom. The molecule has 0 radical (unpaired) electrons. The maximum absolute atomic E-state index is 12.8. The highest BCUT2D eigenvalue weighted by Gasteiger charge is 2.44. The van der Waals surface area contributed by atoms with E-state index in [1.807, 2.05) is 73.5 Å². The molecular weight excluding hydrogens is 296 g/mol. The van der Waals surface area contributed by atoms with Gasteiger partial charge in [-0.3, -0.25) is 9.80 Å². The van der Waals surface area contributed by atoms with Gasteiger partial charge in [0.2, 0.25) is 5.91 Å². The van der Waals surface area contributed by atoms with Gasteiger partial charge >= 0.3 is 0 Å². The van der Waals surface area contributed by atoms with Crippen LogP contribution in [0, 0.1) is 5.41 Å². The van der Waals surface area contributed by atoms with Crippen LogP contribution >= 0.6 is 11.6 Å². The van der Waals surface area contributed by atoms with Crippen molar-refractivity contribution >= 4 is 23.2 Å². The number of carbonyl (C=O) groups is 1. The maximum atomic E-state index is 12.8. The van der Waals surface area contributed by atoms with E-state index in [1.165, 1.54) is 0 Å². The summed E-state index contributed by atoms with van der Waals surface area (Å²) < 4.78 is 0. The largest absolute Gasteiger partial charge is 0.282 e. The summed E-state index contributed by atoms with van der Waals surface area (Å²) in [6, 6.07) is 17.7. The third-order valence-electron chi connectivity index (χ3n) is 3.98. The minimum atomic E-state index is -0.406. The lowest BCUT2D eigenvalue weighted by molar-refractivity contribution is -0.135. The molecule has 1 aliphatic heterocycles. The molecule has 1 heterocycles. The first kappa shape index (κ1) is 14.9. The molecule has 3 rings (SSSR count). The van der Waals surface area contributed by atoms with Crippen molar-refractivity contribution in [1.82, 2.24) is 5.01 Å². The van der Waals surface area contributed by atoms with Crippen molar-refractivity contribution in [3.8, 4) is 0 Å². The molecule has 1 aliphatic rings. The van der Waals surface area contributed by atoms with Gasteiger partial charge in [-0.2, -0.15) is 0 Å². The Kier molecular flexibility index (Phi) is 3.83. The van der Waals surface area contributed by atoms with Crippen molar-refractivity contribution in [3.63, 3.8) is 0 Å². The maximum Gasteiger partial charge on any atom is 0.248 e. The van der Waals surface area contributed by atoms with Gasteiger partial charge in [0.1, 0.15) is 0 Å². The molecule has 4 heteroatoms. The van der Waals surface area contributed by atoms with E-state index in [1.54, 1.807) is 5.01 Å². The van der Waals surface area contributed by atoms with Crippen molar-refractivity contribution in [2.75, 3.05) is 11.6 Å². The van der Waals surface area contributed by atoms with Crippen LogP contribution in [0.3, 0.4) is 0 Å². The standard InChI is InChI=1S/C18H19ClN2O/c1-18(2)13-21(15-9-4-3-5-10-15)20(17(18)22)12-14-8-6-7-11-16(14)19/h3-11H,12-13H2,1-2H3. The topological polar surface area (TPSA) is 23.6 Å². The fourth-order valence-corrected chi connectivity index (χ4v) is 2.96. The third kappa shape index (κ3) is 2.69. The molecule has 0 atom stereocenters. The van der Waals surface area contributed by atoms with Crippen molar-refractivity contribution in [1.29, 1.82) is 0 Å². The van der Waals surface area contributed by atoms with Gasteiger partial charge in [0, 0.05) is 5.02 Å². The van der Waals surface area contributed by atoms with Gasteiger partial charge < -0.3 is 0 Å². The number of hydrazine groups is 1. The first-order chi connectivity index (χ1) is 10.5. The van der Waals surface area contributed by atoms with Crippen LogP contribution in [0.1, 0.15) is 19.4 Å². The van der Waals surface area contributed by atoms with Crippen molar-refractivity contribution < 1.29 is 4.79 Å². The van der Waals surface area contributed by atoms with Gasteiger partial charge in [0.25, 0.3) is 0 Å². The molecule has 0 N–H and O–H groups in total. The van der Waals surface area contributed by atoms with Crippen LogP contribution in [0.5, 0.6) is 0 Å². The summed E-state index contributed by atoms with van der Waals surface area (Å²) in [5.41, 5.74) is 1.57. The van der Waals surface area contributed by atoms with Crippen LogP contribution < -0.4 is 5.01 Å². The van der Waals surface area contributed by atoms with E-state index in [-0.39, 0.29) is 5.91 Å². The van der Waals surface area contributed by atoms with Crippen LogP contribution in [-0.4, -0.2) is 17.5 Å². The molecule has 0 saturated carbocycles. The molecule has 3 nitrogen and oxygen atoms in total. The number of para-hydroxylation sites is 1. The van der Waals surface area contributed by atoms with E-state index in [0.717, 1.165) is 11.3 Å². The molecule has 0 spiro atoms. The molecule has 1 fully saturated rings. The lowest BCUT2D eigenvalue weighted by atomic mass is 9.94. The fourth-order valence-electron chi connectivity index (χ4n) is 2.76. The summed E-state index contributed by atoms with van der Waals surface area (Å²) in [4.78, 5) is 12.8. The predicted molar refractivity (Wildman–Crippen MR) is 89.6 cm³/mol. The number of nitrogens with zero attached hydrogens (tertiary/aromatic N) is 2. The van der Waals surface area contributed by atoms with E-state index in [4.69, 9.17) is 11.6 Å². The number of anilines is 1. The molecule has 22 heavy (non-hydrogen) atoms. The molecule has 1 saturated heterocycles. The number of carbonyl (C=O) groups excluding carboxylic acids is 1.